The first kappa shape index (κ1) is 20.0. The Labute approximate surface area is 180 Å². The van der Waals surface area contributed by atoms with Gasteiger partial charge in [-0.1, -0.05) is 19.1 Å². The second-order valence-corrected chi connectivity index (χ2v) is 9.08. The van der Waals surface area contributed by atoms with Crippen molar-refractivity contribution in [1.29, 1.82) is 0 Å². The van der Waals surface area contributed by atoms with Gasteiger partial charge in [0, 0.05) is 5.69 Å². The summed E-state index contributed by atoms with van der Waals surface area (Å²) in [5.74, 6) is -0.553. The second-order valence-electron chi connectivity index (χ2n) is 9.08. The minimum absolute atomic E-state index is 0.136. The van der Waals surface area contributed by atoms with Crippen molar-refractivity contribution in [2.75, 3.05) is 11.9 Å². The molecule has 0 spiro atoms. The Morgan fingerprint density at radius 1 is 1.06 bits per heavy atom. The van der Waals surface area contributed by atoms with Crippen molar-refractivity contribution < 1.29 is 23.9 Å². The van der Waals surface area contributed by atoms with E-state index in [1.165, 1.54) is 4.90 Å². The van der Waals surface area contributed by atoms with Gasteiger partial charge in [0.15, 0.2) is 0 Å². The molecular weight excluding hydrogens is 396 g/mol. The number of anilines is 1. The highest BCUT2D eigenvalue weighted by Crippen LogP contribution is 2.65. The van der Waals surface area contributed by atoms with E-state index in [4.69, 9.17) is 4.74 Å². The number of esters is 1. The zero-order chi connectivity index (χ0) is 21.9. The van der Waals surface area contributed by atoms with Gasteiger partial charge in [0.2, 0.25) is 17.7 Å². The zero-order valence-electron chi connectivity index (χ0n) is 17.6. The molecule has 0 unspecified atom stereocenters. The predicted molar refractivity (Wildman–Crippen MR) is 112 cm³/mol. The number of hydrogen-bond acceptors (Lipinski definition) is 5. The van der Waals surface area contributed by atoms with Gasteiger partial charge in [-0.05, 0) is 67.7 Å². The van der Waals surface area contributed by atoms with E-state index < -0.39 is 17.9 Å². The average molecular weight is 422 g/mol. The van der Waals surface area contributed by atoms with E-state index >= 15 is 0 Å². The molecule has 1 aromatic carbocycles. The van der Waals surface area contributed by atoms with E-state index in [0.29, 0.717) is 29.7 Å². The van der Waals surface area contributed by atoms with E-state index in [1.54, 1.807) is 31.2 Å². The molecule has 3 amide bonds. The fourth-order valence-corrected chi connectivity index (χ4v) is 5.69. The Morgan fingerprint density at radius 2 is 1.65 bits per heavy atom. The van der Waals surface area contributed by atoms with Gasteiger partial charge < -0.3 is 10.1 Å². The Morgan fingerprint density at radius 3 is 2.19 bits per heavy atom. The third kappa shape index (κ3) is 3.09. The molecule has 2 saturated carbocycles. The van der Waals surface area contributed by atoms with Gasteiger partial charge in [-0.3, -0.25) is 19.3 Å². The molecule has 6 rings (SSSR count). The number of allylic oxidation sites excluding steroid dienone is 2. The lowest BCUT2D eigenvalue weighted by atomic mass is 9.63. The molecule has 1 saturated heterocycles. The fourth-order valence-electron chi connectivity index (χ4n) is 5.69. The highest BCUT2D eigenvalue weighted by Gasteiger charge is 2.67. The number of nitrogens with one attached hydrogen (secondary N) is 1. The van der Waals surface area contributed by atoms with Gasteiger partial charge in [0.1, 0.15) is 6.04 Å². The summed E-state index contributed by atoms with van der Waals surface area (Å²) in [5.41, 5.74) is 0.887. The van der Waals surface area contributed by atoms with Crippen LogP contribution in [0.4, 0.5) is 5.69 Å². The van der Waals surface area contributed by atoms with Crippen LogP contribution in [0, 0.1) is 35.5 Å². The third-order valence-corrected chi connectivity index (χ3v) is 7.29. The maximum absolute atomic E-state index is 13.1. The van der Waals surface area contributed by atoms with E-state index in [-0.39, 0.29) is 35.5 Å². The quantitative estimate of drug-likeness (QED) is 0.432. The Kier molecular flexibility index (Phi) is 4.72. The van der Waals surface area contributed by atoms with Gasteiger partial charge in [-0.25, -0.2) is 4.79 Å². The van der Waals surface area contributed by atoms with Crippen molar-refractivity contribution in [3.8, 4) is 0 Å². The minimum Gasteiger partial charge on any atom is -0.462 e. The number of likely N-dealkylation sites (tertiary alicyclic amines) is 1. The summed E-state index contributed by atoms with van der Waals surface area (Å²) in [6.45, 7) is 3.87. The molecule has 1 aliphatic heterocycles. The molecule has 0 radical (unpaired) electrons. The molecule has 4 aliphatic carbocycles. The van der Waals surface area contributed by atoms with Crippen molar-refractivity contribution >= 4 is 29.4 Å². The molecule has 7 nitrogen and oxygen atoms in total. The lowest BCUT2D eigenvalue weighted by Gasteiger charge is -2.37. The van der Waals surface area contributed by atoms with Crippen LogP contribution in [0.25, 0.3) is 0 Å². The highest BCUT2D eigenvalue weighted by atomic mass is 16.5. The Hall–Kier alpha value is -2.96. The summed E-state index contributed by atoms with van der Waals surface area (Å²) in [6.07, 6.45) is 6.08. The number of carbonyl (C=O) groups is 4. The summed E-state index contributed by atoms with van der Waals surface area (Å²) in [7, 11) is 0. The molecule has 7 heteroatoms. The monoisotopic (exact) mass is 422 g/mol. The zero-order valence-corrected chi connectivity index (χ0v) is 17.6. The highest BCUT2D eigenvalue weighted by molar-refractivity contribution is 6.10. The summed E-state index contributed by atoms with van der Waals surface area (Å²) >= 11 is 0. The summed E-state index contributed by atoms with van der Waals surface area (Å²) in [6, 6.07) is 5.48. The minimum atomic E-state index is -0.893. The number of nitrogens with zero attached hydrogens (tertiary/aromatic N) is 1. The summed E-state index contributed by atoms with van der Waals surface area (Å²) < 4.78 is 5.09. The molecule has 31 heavy (non-hydrogen) atoms. The number of imide groups is 1. The second kappa shape index (κ2) is 7.32. The first-order chi connectivity index (χ1) is 14.9. The van der Waals surface area contributed by atoms with Crippen LogP contribution in [0.5, 0.6) is 0 Å². The number of benzene rings is 1. The molecule has 1 N–H and O–H groups in total. The molecular formula is C24H26N2O5. The number of carbonyl (C=O) groups excluding carboxylic acids is 4. The number of amides is 3. The Balaban J connectivity index is 1.26. The van der Waals surface area contributed by atoms with Crippen molar-refractivity contribution in [2.24, 2.45) is 35.5 Å². The van der Waals surface area contributed by atoms with Crippen LogP contribution in [-0.2, 0) is 19.1 Å². The van der Waals surface area contributed by atoms with Crippen molar-refractivity contribution in [1.82, 2.24) is 4.90 Å². The number of hydrogen-bond donors (Lipinski definition) is 1. The van der Waals surface area contributed by atoms with E-state index in [9.17, 15) is 19.2 Å². The van der Waals surface area contributed by atoms with Crippen molar-refractivity contribution in [3.05, 3.63) is 42.0 Å². The first-order valence-corrected chi connectivity index (χ1v) is 11.1. The van der Waals surface area contributed by atoms with E-state index in [0.717, 1.165) is 12.8 Å². The van der Waals surface area contributed by atoms with Crippen LogP contribution < -0.4 is 5.32 Å². The average Bonchev–Trinajstić information content (AvgIpc) is 3.55. The Bertz CT molecular complexity index is 948. The van der Waals surface area contributed by atoms with E-state index in [1.807, 2.05) is 6.92 Å². The number of ether oxygens (including phenoxy) is 1. The van der Waals surface area contributed by atoms with Crippen LogP contribution in [0.2, 0.25) is 0 Å². The van der Waals surface area contributed by atoms with Gasteiger partial charge in [-0.2, -0.15) is 0 Å². The van der Waals surface area contributed by atoms with Gasteiger partial charge in [-0.15, -0.1) is 0 Å². The largest absolute Gasteiger partial charge is 0.462 e. The lowest BCUT2D eigenvalue weighted by molar-refractivity contribution is -0.146. The molecule has 1 aromatic rings. The molecule has 0 aromatic heterocycles. The van der Waals surface area contributed by atoms with E-state index in [2.05, 4.69) is 17.5 Å². The topological polar surface area (TPSA) is 92.8 Å². The molecule has 162 valence electrons. The maximum Gasteiger partial charge on any atom is 0.338 e. The molecule has 2 bridgehead atoms. The summed E-state index contributed by atoms with van der Waals surface area (Å²) in [5, 5.41) is 2.75. The van der Waals surface area contributed by atoms with Crippen LogP contribution in [-0.4, -0.2) is 41.2 Å². The maximum atomic E-state index is 13.1. The van der Waals surface area contributed by atoms with Gasteiger partial charge in [0.25, 0.3) is 0 Å². The smallest absolute Gasteiger partial charge is 0.338 e. The van der Waals surface area contributed by atoms with Gasteiger partial charge in [0.05, 0.1) is 24.0 Å². The molecule has 1 heterocycles. The first-order valence-electron chi connectivity index (χ1n) is 11.1. The van der Waals surface area contributed by atoms with Crippen LogP contribution >= 0.6 is 0 Å². The molecule has 7 atom stereocenters. The summed E-state index contributed by atoms with van der Waals surface area (Å²) in [4.78, 5) is 52.2. The van der Waals surface area contributed by atoms with Crippen molar-refractivity contribution in [2.45, 2.75) is 32.7 Å². The van der Waals surface area contributed by atoms with Crippen LogP contribution in [0.1, 0.15) is 37.0 Å². The standard InChI is InChI=1S/C24H26N2O5/c1-3-10-31-24(30)13-4-6-14(7-5-13)25-21(27)12(2)26-22(28)19-15-8-9-16(18-11-17(15)18)20(19)23(26)29/h4-9,12,15-20H,3,10-11H2,1-2H3,(H,25,27)/t12-,15-,16-,17-,18+,19-,20+/m0/s1. The molecule has 5 aliphatic rings. The lowest BCUT2D eigenvalue weighted by Crippen LogP contribution is -2.46. The molecule has 3 fully saturated rings. The predicted octanol–water partition coefficient (Wildman–Crippen LogP) is 2.63. The van der Waals surface area contributed by atoms with Gasteiger partial charge >= 0.3 is 5.97 Å². The fraction of sp³-hybridized carbons (Fsp3) is 0.500. The van der Waals surface area contributed by atoms with Crippen LogP contribution in [0.3, 0.4) is 0 Å². The van der Waals surface area contributed by atoms with Crippen LogP contribution in [0.15, 0.2) is 36.4 Å². The normalized spacial score (nSPS) is 33.0. The number of rotatable bonds is 6. The SMILES string of the molecule is CCCOC(=O)c1ccc(NC(=O)[C@H](C)N2C(=O)[C@@H]3[C@H]4C=C[C@@H]([C@@H]5C[C@H]45)[C@@H]3C2=O)cc1. The van der Waals surface area contributed by atoms with Crippen molar-refractivity contribution in [3.63, 3.8) is 0 Å². The third-order valence-electron chi connectivity index (χ3n) is 7.29.